The molecule has 0 aliphatic carbocycles. The number of hydrogen-bond acceptors (Lipinski definition) is 4. The van der Waals surface area contributed by atoms with Crippen LogP contribution in [0, 0.1) is 13.8 Å². The van der Waals surface area contributed by atoms with Crippen molar-refractivity contribution < 1.29 is 14.4 Å². The van der Waals surface area contributed by atoms with E-state index in [2.05, 4.69) is 5.32 Å². The summed E-state index contributed by atoms with van der Waals surface area (Å²) in [5.41, 5.74) is 3.55. The van der Waals surface area contributed by atoms with E-state index >= 15 is 0 Å². The Hall–Kier alpha value is -3.38. The van der Waals surface area contributed by atoms with E-state index in [1.54, 1.807) is 6.08 Å². The van der Waals surface area contributed by atoms with Crippen molar-refractivity contribution in [1.29, 1.82) is 0 Å². The lowest BCUT2D eigenvalue weighted by molar-refractivity contribution is -0.127. The molecule has 1 N–H and O–H groups in total. The van der Waals surface area contributed by atoms with Crippen molar-refractivity contribution in [3.63, 3.8) is 0 Å². The van der Waals surface area contributed by atoms with E-state index < -0.39 is 17.1 Å². The molecule has 3 aromatic rings. The monoisotopic (exact) mass is 416 g/mol. The summed E-state index contributed by atoms with van der Waals surface area (Å²) in [5, 5.41) is 4.39. The summed E-state index contributed by atoms with van der Waals surface area (Å²) in [6.07, 6.45) is 1.72. The molecule has 150 valence electrons. The minimum atomic E-state index is -0.450. The minimum absolute atomic E-state index is 0.315. The first-order valence-electron chi connectivity index (χ1n) is 9.52. The van der Waals surface area contributed by atoms with Crippen LogP contribution in [0.2, 0.25) is 0 Å². The fraction of sp³-hybridized carbons (Fsp3) is 0.125. The molecule has 0 bridgehead atoms. The molecule has 3 amide bonds. The molecule has 1 aliphatic rings. The number of amides is 3. The Morgan fingerprint density at radius 1 is 1.03 bits per heavy atom. The largest absolute Gasteiger partial charge is 0.324 e. The molecule has 0 saturated carbocycles. The van der Waals surface area contributed by atoms with Gasteiger partial charge in [0.15, 0.2) is 0 Å². The normalized spacial score (nSPS) is 15.3. The zero-order chi connectivity index (χ0) is 21.3. The van der Waals surface area contributed by atoms with Crippen LogP contribution >= 0.6 is 11.8 Å². The van der Waals surface area contributed by atoms with Crippen molar-refractivity contribution >= 4 is 51.4 Å². The Morgan fingerprint density at radius 2 is 1.80 bits per heavy atom. The van der Waals surface area contributed by atoms with E-state index in [0.29, 0.717) is 10.6 Å². The van der Waals surface area contributed by atoms with Gasteiger partial charge in [-0.1, -0.05) is 60.2 Å². The molecule has 5 nitrogen and oxygen atoms in total. The molecular weight excluding hydrogens is 396 g/mol. The van der Waals surface area contributed by atoms with Gasteiger partial charge in [-0.3, -0.25) is 19.3 Å². The van der Waals surface area contributed by atoms with Crippen molar-refractivity contribution in [3.8, 4) is 0 Å². The fourth-order valence-electron chi connectivity index (χ4n) is 3.44. The Labute approximate surface area is 178 Å². The molecule has 30 heavy (non-hydrogen) atoms. The number of imide groups is 1. The lowest BCUT2D eigenvalue weighted by Gasteiger charge is -2.14. The second-order valence-corrected chi connectivity index (χ2v) is 8.20. The number of nitrogens with one attached hydrogen (secondary N) is 1. The third-order valence-electron chi connectivity index (χ3n) is 4.94. The Kier molecular flexibility index (Phi) is 5.42. The maximum Gasteiger partial charge on any atom is 0.294 e. The summed E-state index contributed by atoms with van der Waals surface area (Å²) < 4.78 is 0. The number of hydrogen-bond donors (Lipinski definition) is 1. The second kappa shape index (κ2) is 8.16. The van der Waals surface area contributed by atoms with Crippen molar-refractivity contribution in [2.24, 2.45) is 0 Å². The first-order chi connectivity index (χ1) is 14.4. The summed E-state index contributed by atoms with van der Waals surface area (Å²) in [7, 11) is 0. The van der Waals surface area contributed by atoms with Crippen LogP contribution in [0.15, 0.2) is 65.6 Å². The average molecular weight is 417 g/mol. The predicted molar refractivity (Wildman–Crippen MR) is 121 cm³/mol. The van der Waals surface area contributed by atoms with Gasteiger partial charge >= 0.3 is 0 Å². The number of fused-ring (bicyclic) bond motifs is 1. The van der Waals surface area contributed by atoms with Gasteiger partial charge in [-0.15, -0.1) is 0 Å². The van der Waals surface area contributed by atoms with Crippen molar-refractivity contribution in [3.05, 3.63) is 82.3 Å². The Bertz CT molecular complexity index is 1210. The van der Waals surface area contributed by atoms with Crippen molar-refractivity contribution in [1.82, 2.24) is 4.90 Å². The van der Waals surface area contributed by atoms with Crippen molar-refractivity contribution in [2.75, 3.05) is 11.9 Å². The molecule has 4 rings (SSSR count). The molecule has 0 aromatic heterocycles. The summed E-state index contributed by atoms with van der Waals surface area (Å²) in [6.45, 7) is 3.56. The zero-order valence-electron chi connectivity index (χ0n) is 16.6. The average Bonchev–Trinajstić information content (AvgIpc) is 2.98. The van der Waals surface area contributed by atoms with E-state index in [1.165, 1.54) is 0 Å². The van der Waals surface area contributed by atoms with Gasteiger partial charge in [0, 0.05) is 5.69 Å². The molecule has 1 fully saturated rings. The van der Waals surface area contributed by atoms with Gasteiger partial charge in [-0.2, -0.15) is 0 Å². The number of aryl methyl sites for hydroxylation is 2. The number of carbonyl (C=O) groups excluding carboxylic acids is 3. The van der Waals surface area contributed by atoms with Gasteiger partial charge in [0.2, 0.25) is 5.91 Å². The van der Waals surface area contributed by atoms with E-state index in [4.69, 9.17) is 0 Å². The van der Waals surface area contributed by atoms with Crippen LogP contribution in [-0.4, -0.2) is 28.5 Å². The molecule has 0 atom stereocenters. The van der Waals surface area contributed by atoms with Crippen LogP contribution in [0.3, 0.4) is 0 Å². The molecule has 0 radical (unpaired) electrons. The third-order valence-corrected chi connectivity index (χ3v) is 5.85. The molecule has 0 unspecified atom stereocenters. The highest BCUT2D eigenvalue weighted by Gasteiger charge is 2.36. The summed E-state index contributed by atoms with van der Waals surface area (Å²) in [5.74, 6) is -0.857. The van der Waals surface area contributed by atoms with Gasteiger partial charge in [-0.25, -0.2) is 0 Å². The van der Waals surface area contributed by atoms with Crippen molar-refractivity contribution in [2.45, 2.75) is 13.8 Å². The standard InChI is InChI=1S/C24H20N2O3S/c1-15-10-11-20(16(2)12-15)25-22(27)14-26-23(28)21(30-24(26)29)13-18-8-5-7-17-6-3-4-9-19(17)18/h3-13H,14H2,1-2H3,(H,25,27)/b21-13+. The molecule has 0 spiro atoms. The number of nitrogens with zero attached hydrogens (tertiary/aromatic N) is 1. The number of carbonyl (C=O) groups is 3. The van der Waals surface area contributed by atoms with Gasteiger partial charge < -0.3 is 5.32 Å². The number of thioether (sulfide) groups is 1. The van der Waals surface area contributed by atoms with Crippen LogP contribution in [0.1, 0.15) is 16.7 Å². The van der Waals surface area contributed by atoms with Crippen LogP contribution in [0.5, 0.6) is 0 Å². The molecule has 1 saturated heterocycles. The van der Waals surface area contributed by atoms with Gasteiger partial charge in [-0.05, 0) is 59.7 Å². The van der Waals surface area contributed by atoms with Crippen LogP contribution in [0.25, 0.3) is 16.8 Å². The van der Waals surface area contributed by atoms with Crippen LogP contribution in [-0.2, 0) is 9.59 Å². The highest BCUT2D eigenvalue weighted by atomic mass is 32.2. The SMILES string of the molecule is Cc1ccc(NC(=O)CN2C(=O)S/C(=C/c3cccc4ccccc34)C2=O)c(C)c1. The zero-order valence-corrected chi connectivity index (χ0v) is 17.5. The van der Waals surface area contributed by atoms with Gasteiger partial charge in [0.1, 0.15) is 6.54 Å². The molecule has 1 heterocycles. The molecular formula is C24H20N2O3S. The summed E-state index contributed by atoms with van der Waals surface area (Å²) >= 11 is 0.857. The third kappa shape index (κ3) is 4.00. The van der Waals surface area contributed by atoms with E-state index in [9.17, 15) is 14.4 Å². The number of rotatable bonds is 4. The van der Waals surface area contributed by atoms with E-state index in [0.717, 1.165) is 44.1 Å². The first-order valence-corrected chi connectivity index (χ1v) is 10.3. The quantitative estimate of drug-likeness (QED) is 0.599. The van der Waals surface area contributed by atoms with Gasteiger partial charge in [0.05, 0.1) is 4.91 Å². The summed E-state index contributed by atoms with van der Waals surface area (Å²) in [6, 6.07) is 19.3. The lowest BCUT2D eigenvalue weighted by Crippen LogP contribution is -2.36. The van der Waals surface area contributed by atoms with Crippen LogP contribution in [0.4, 0.5) is 10.5 Å². The maximum atomic E-state index is 12.8. The van der Waals surface area contributed by atoms with E-state index in [-0.39, 0.29) is 6.54 Å². The smallest absolute Gasteiger partial charge is 0.294 e. The van der Waals surface area contributed by atoms with Crippen LogP contribution < -0.4 is 5.32 Å². The van der Waals surface area contributed by atoms with E-state index in [1.807, 2.05) is 74.5 Å². The molecule has 6 heteroatoms. The number of anilines is 1. The Balaban J connectivity index is 1.52. The molecule has 1 aliphatic heterocycles. The second-order valence-electron chi connectivity index (χ2n) is 7.20. The maximum absolute atomic E-state index is 12.8. The first kappa shape index (κ1) is 19.9. The lowest BCUT2D eigenvalue weighted by atomic mass is 10.0. The summed E-state index contributed by atoms with van der Waals surface area (Å²) in [4.78, 5) is 38.9. The predicted octanol–water partition coefficient (Wildman–Crippen LogP) is 5.13. The fourth-order valence-corrected chi connectivity index (χ4v) is 4.27. The van der Waals surface area contributed by atoms with Gasteiger partial charge in [0.25, 0.3) is 11.1 Å². The Morgan fingerprint density at radius 3 is 2.60 bits per heavy atom. The molecule has 3 aromatic carbocycles. The highest BCUT2D eigenvalue weighted by molar-refractivity contribution is 8.18. The highest BCUT2D eigenvalue weighted by Crippen LogP contribution is 2.33. The number of benzene rings is 3. The minimum Gasteiger partial charge on any atom is -0.324 e. The topological polar surface area (TPSA) is 66.5 Å².